The summed E-state index contributed by atoms with van der Waals surface area (Å²) in [7, 11) is 5.47. The lowest BCUT2D eigenvalue weighted by Gasteiger charge is -2.55. The number of morpholine rings is 1. The van der Waals surface area contributed by atoms with Gasteiger partial charge in [0.1, 0.15) is 11.6 Å². The molecule has 0 aromatic carbocycles. The summed E-state index contributed by atoms with van der Waals surface area (Å²) in [6.07, 6.45) is 0.591. The van der Waals surface area contributed by atoms with Gasteiger partial charge in [0, 0.05) is 27.1 Å². The van der Waals surface area contributed by atoms with E-state index in [9.17, 15) is 9.59 Å². The largest absolute Gasteiger partial charge is 0.368 e. The van der Waals surface area contributed by atoms with Gasteiger partial charge in [0.2, 0.25) is 11.8 Å². The highest BCUT2D eigenvalue weighted by Gasteiger charge is 2.51. The molecule has 120 valence electrons. The smallest absolute Gasteiger partial charge is 0.241 e. The maximum atomic E-state index is 12.1. The third-order valence-electron chi connectivity index (χ3n) is 4.24. The molecule has 0 aromatic heterocycles. The van der Waals surface area contributed by atoms with Crippen LogP contribution in [0.5, 0.6) is 0 Å². The lowest BCUT2D eigenvalue weighted by atomic mass is 9.89. The van der Waals surface area contributed by atoms with E-state index < -0.39 is 0 Å². The van der Waals surface area contributed by atoms with Crippen molar-refractivity contribution in [2.45, 2.75) is 31.9 Å². The molecule has 2 rings (SSSR count). The Kier molecular flexibility index (Phi) is 4.58. The SMILES string of the molecule is CC(C)CC(=O)N1CC2(C1)CN(C)C(C(=O)N(C)C)CO2. The van der Waals surface area contributed by atoms with Crippen LogP contribution < -0.4 is 0 Å². The minimum Gasteiger partial charge on any atom is -0.368 e. The molecule has 2 aliphatic rings. The number of hydrogen-bond acceptors (Lipinski definition) is 4. The highest BCUT2D eigenvalue weighted by molar-refractivity contribution is 5.81. The summed E-state index contributed by atoms with van der Waals surface area (Å²) >= 11 is 0. The third-order valence-corrected chi connectivity index (χ3v) is 4.24. The third kappa shape index (κ3) is 3.37. The summed E-state index contributed by atoms with van der Waals surface area (Å²) in [5.41, 5.74) is -0.273. The Morgan fingerprint density at radius 1 is 1.29 bits per heavy atom. The Balaban J connectivity index is 1.87. The quantitative estimate of drug-likeness (QED) is 0.738. The lowest BCUT2D eigenvalue weighted by Crippen LogP contribution is -2.73. The van der Waals surface area contributed by atoms with Gasteiger partial charge in [-0.15, -0.1) is 0 Å². The Hall–Kier alpha value is -1.14. The molecule has 1 atom stereocenters. The molecular weight excluding hydrogens is 270 g/mol. The maximum absolute atomic E-state index is 12.1. The summed E-state index contributed by atoms with van der Waals surface area (Å²) in [6.45, 7) is 6.49. The standard InChI is InChI=1S/C15H27N3O3/c1-11(2)6-13(19)18-9-15(10-18)8-17(5)12(7-21-15)14(20)16(3)4/h11-12H,6-10H2,1-5H3. The Morgan fingerprint density at radius 3 is 2.38 bits per heavy atom. The van der Waals surface area contributed by atoms with Crippen LogP contribution >= 0.6 is 0 Å². The first-order chi connectivity index (χ1) is 9.74. The first-order valence-corrected chi connectivity index (χ1v) is 7.57. The van der Waals surface area contributed by atoms with E-state index in [2.05, 4.69) is 18.7 Å². The number of likely N-dealkylation sites (N-methyl/N-ethyl adjacent to an activating group) is 2. The fourth-order valence-corrected chi connectivity index (χ4v) is 3.05. The highest BCUT2D eigenvalue weighted by Crippen LogP contribution is 2.31. The van der Waals surface area contributed by atoms with Gasteiger partial charge in [0.05, 0.1) is 19.7 Å². The van der Waals surface area contributed by atoms with Crippen LogP contribution in [-0.4, -0.2) is 85.5 Å². The van der Waals surface area contributed by atoms with E-state index in [1.165, 1.54) is 0 Å². The molecule has 0 aromatic rings. The highest BCUT2D eigenvalue weighted by atomic mass is 16.5. The number of carbonyl (C=O) groups is 2. The van der Waals surface area contributed by atoms with Gasteiger partial charge in [-0.3, -0.25) is 14.5 Å². The molecule has 6 heteroatoms. The van der Waals surface area contributed by atoms with Crippen LogP contribution in [0.3, 0.4) is 0 Å². The summed E-state index contributed by atoms with van der Waals surface area (Å²) in [6, 6.07) is -0.217. The van der Waals surface area contributed by atoms with Crippen molar-refractivity contribution in [3.63, 3.8) is 0 Å². The second-order valence-electron chi connectivity index (χ2n) is 7.01. The second-order valence-corrected chi connectivity index (χ2v) is 7.01. The van der Waals surface area contributed by atoms with Crippen LogP contribution in [0.15, 0.2) is 0 Å². The topological polar surface area (TPSA) is 53.1 Å². The molecule has 0 radical (unpaired) electrons. The minimum absolute atomic E-state index is 0.0689. The van der Waals surface area contributed by atoms with E-state index in [1.54, 1.807) is 19.0 Å². The normalized spacial score (nSPS) is 25.0. The number of ether oxygens (including phenoxy) is 1. The predicted molar refractivity (Wildman–Crippen MR) is 79.8 cm³/mol. The van der Waals surface area contributed by atoms with Crippen LogP contribution in [0.2, 0.25) is 0 Å². The number of nitrogens with zero attached hydrogens (tertiary/aromatic N) is 3. The zero-order valence-electron chi connectivity index (χ0n) is 13.8. The van der Waals surface area contributed by atoms with Crippen molar-refractivity contribution in [1.82, 2.24) is 14.7 Å². The molecule has 2 heterocycles. The first-order valence-electron chi connectivity index (χ1n) is 7.57. The monoisotopic (exact) mass is 297 g/mol. The minimum atomic E-state index is -0.273. The number of likely N-dealkylation sites (tertiary alicyclic amines) is 1. The molecule has 1 spiro atoms. The first kappa shape index (κ1) is 16.2. The van der Waals surface area contributed by atoms with Crippen molar-refractivity contribution in [2.24, 2.45) is 5.92 Å². The van der Waals surface area contributed by atoms with Crippen LogP contribution in [0.1, 0.15) is 20.3 Å². The van der Waals surface area contributed by atoms with E-state index >= 15 is 0 Å². The van der Waals surface area contributed by atoms with Gasteiger partial charge in [0.15, 0.2) is 0 Å². The van der Waals surface area contributed by atoms with E-state index in [0.717, 1.165) is 0 Å². The van der Waals surface area contributed by atoms with Crippen molar-refractivity contribution in [1.29, 1.82) is 0 Å². The van der Waals surface area contributed by atoms with Crippen molar-refractivity contribution in [2.75, 3.05) is 47.4 Å². The van der Waals surface area contributed by atoms with Gasteiger partial charge in [0.25, 0.3) is 0 Å². The Labute approximate surface area is 127 Å². The number of amides is 2. The van der Waals surface area contributed by atoms with Gasteiger partial charge in [-0.05, 0) is 13.0 Å². The second kappa shape index (κ2) is 5.93. The van der Waals surface area contributed by atoms with Crippen LogP contribution in [0, 0.1) is 5.92 Å². The van der Waals surface area contributed by atoms with Gasteiger partial charge >= 0.3 is 0 Å². The summed E-state index contributed by atoms with van der Waals surface area (Å²) < 4.78 is 5.96. The molecule has 0 saturated carbocycles. The van der Waals surface area contributed by atoms with Gasteiger partial charge in [-0.1, -0.05) is 13.8 Å². The van der Waals surface area contributed by atoms with Crippen LogP contribution in [-0.2, 0) is 14.3 Å². The van der Waals surface area contributed by atoms with Crippen molar-refractivity contribution in [3.8, 4) is 0 Å². The molecular formula is C15H27N3O3. The predicted octanol–water partition coefficient (Wildman–Crippen LogP) is 0.0323. The molecule has 0 bridgehead atoms. The summed E-state index contributed by atoms with van der Waals surface area (Å²) in [5, 5.41) is 0. The van der Waals surface area contributed by atoms with Crippen molar-refractivity contribution < 1.29 is 14.3 Å². The zero-order chi connectivity index (χ0) is 15.8. The van der Waals surface area contributed by atoms with E-state index in [-0.39, 0.29) is 23.5 Å². The van der Waals surface area contributed by atoms with E-state index in [1.807, 2.05) is 11.9 Å². The number of rotatable bonds is 3. The molecule has 6 nitrogen and oxygen atoms in total. The number of carbonyl (C=O) groups excluding carboxylic acids is 2. The van der Waals surface area contributed by atoms with E-state index in [0.29, 0.717) is 38.6 Å². The average Bonchev–Trinajstić information content (AvgIpc) is 2.33. The Morgan fingerprint density at radius 2 is 1.90 bits per heavy atom. The fourth-order valence-electron chi connectivity index (χ4n) is 3.05. The van der Waals surface area contributed by atoms with Crippen molar-refractivity contribution in [3.05, 3.63) is 0 Å². The van der Waals surface area contributed by atoms with Crippen LogP contribution in [0.4, 0.5) is 0 Å². The van der Waals surface area contributed by atoms with Gasteiger partial charge in [-0.25, -0.2) is 0 Å². The Bertz CT molecular complexity index is 416. The van der Waals surface area contributed by atoms with E-state index in [4.69, 9.17) is 4.74 Å². The molecule has 2 aliphatic heterocycles. The number of hydrogen-bond donors (Lipinski definition) is 0. The molecule has 2 fully saturated rings. The average molecular weight is 297 g/mol. The van der Waals surface area contributed by atoms with Crippen LogP contribution in [0.25, 0.3) is 0 Å². The fraction of sp³-hybridized carbons (Fsp3) is 0.867. The molecule has 2 amide bonds. The molecule has 0 N–H and O–H groups in total. The lowest BCUT2D eigenvalue weighted by molar-refractivity contribution is -0.203. The van der Waals surface area contributed by atoms with Crippen molar-refractivity contribution >= 4 is 11.8 Å². The molecule has 0 aliphatic carbocycles. The summed E-state index contributed by atoms with van der Waals surface area (Å²) in [4.78, 5) is 29.6. The van der Waals surface area contributed by atoms with Gasteiger partial charge < -0.3 is 14.5 Å². The molecule has 21 heavy (non-hydrogen) atoms. The molecule has 2 saturated heterocycles. The zero-order valence-corrected chi connectivity index (χ0v) is 13.8. The summed E-state index contributed by atoms with van der Waals surface area (Å²) in [5.74, 6) is 0.652. The maximum Gasteiger partial charge on any atom is 0.241 e. The molecule has 1 unspecified atom stereocenters. The van der Waals surface area contributed by atoms with Gasteiger partial charge in [-0.2, -0.15) is 0 Å².